The molecule has 0 N–H and O–H groups in total. The zero-order chi connectivity index (χ0) is 29.6. The van der Waals surface area contributed by atoms with Crippen LogP contribution in [-0.2, 0) is 30.6 Å². The highest BCUT2D eigenvalue weighted by Crippen LogP contribution is 2.43. The maximum Gasteiger partial charge on any atom is 0.338 e. The van der Waals surface area contributed by atoms with Gasteiger partial charge < -0.3 is 23.8 Å². The fourth-order valence-electron chi connectivity index (χ4n) is 5.29. The van der Waals surface area contributed by atoms with Gasteiger partial charge in [0.25, 0.3) is 5.24 Å². The number of sulfone groups is 1. The minimum atomic E-state index is -3.39. The summed E-state index contributed by atoms with van der Waals surface area (Å²) in [6, 6.07) is 12.8. The standard InChI is InChI=1S/C30H37NO8S2/c1-5-6-7-8-24-17-25(38-28(32)22-11-15-26(16-12-22)41(4,34)35)18-30(37-3,39-24)27-20-40-29(33)31(27)19-21-9-13-23(36-2)14-10-21/h5,9-16,24-25,27H,1,6-8,17-20H2,2-4H3/t24-,25-,27+,30-/m1/s1. The number of rotatable bonds is 12. The number of allylic oxidation sites excluding steroid dienone is 1. The molecule has 0 aromatic heterocycles. The first kappa shape index (κ1) is 31.1. The molecule has 2 aromatic rings. The number of ether oxygens (including phenoxy) is 4. The van der Waals surface area contributed by atoms with Gasteiger partial charge in [0.2, 0.25) is 0 Å². The quantitative estimate of drug-likeness (QED) is 0.183. The molecule has 0 saturated carbocycles. The molecule has 0 spiro atoms. The zero-order valence-corrected chi connectivity index (χ0v) is 25.2. The lowest BCUT2D eigenvalue weighted by Crippen LogP contribution is -2.60. The monoisotopic (exact) mass is 603 g/mol. The van der Waals surface area contributed by atoms with Gasteiger partial charge in [-0.1, -0.05) is 30.0 Å². The van der Waals surface area contributed by atoms with E-state index in [0.717, 1.165) is 30.4 Å². The molecular weight excluding hydrogens is 566 g/mol. The van der Waals surface area contributed by atoms with Crippen molar-refractivity contribution in [2.24, 2.45) is 0 Å². The van der Waals surface area contributed by atoms with E-state index < -0.39 is 33.7 Å². The number of hydrogen-bond donors (Lipinski definition) is 0. The third-order valence-corrected chi connectivity index (χ3v) is 9.56. The molecule has 2 aliphatic rings. The molecule has 2 heterocycles. The van der Waals surface area contributed by atoms with Gasteiger partial charge in [-0.3, -0.25) is 4.79 Å². The number of carbonyl (C=O) groups is 2. The Morgan fingerprint density at radius 3 is 2.49 bits per heavy atom. The van der Waals surface area contributed by atoms with E-state index in [2.05, 4.69) is 6.58 Å². The zero-order valence-electron chi connectivity index (χ0n) is 23.6. The topological polar surface area (TPSA) is 108 Å². The van der Waals surface area contributed by atoms with Crippen LogP contribution in [0.25, 0.3) is 0 Å². The Labute approximate surface area is 246 Å². The third-order valence-electron chi connectivity index (χ3n) is 7.47. The lowest BCUT2D eigenvalue weighted by atomic mass is 9.90. The summed E-state index contributed by atoms with van der Waals surface area (Å²) in [4.78, 5) is 28.1. The van der Waals surface area contributed by atoms with Gasteiger partial charge in [-0.15, -0.1) is 6.58 Å². The number of amides is 1. The van der Waals surface area contributed by atoms with Crippen LogP contribution in [0.1, 0.15) is 48.0 Å². The molecule has 2 aliphatic heterocycles. The number of nitrogens with zero attached hydrogens (tertiary/aromatic N) is 1. The largest absolute Gasteiger partial charge is 0.497 e. The van der Waals surface area contributed by atoms with Crippen LogP contribution in [0.3, 0.4) is 0 Å². The predicted octanol–water partition coefficient (Wildman–Crippen LogP) is 5.24. The second kappa shape index (κ2) is 13.4. The van der Waals surface area contributed by atoms with Crippen molar-refractivity contribution in [3.05, 3.63) is 72.3 Å². The molecule has 2 saturated heterocycles. The number of benzene rings is 2. The molecule has 41 heavy (non-hydrogen) atoms. The first-order chi connectivity index (χ1) is 19.6. The minimum absolute atomic E-state index is 0.0702. The fourth-order valence-corrected chi connectivity index (χ4v) is 7.01. The van der Waals surface area contributed by atoms with Gasteiger partial charge >= 0.3 is 5.97 Å². The summed E-state index contributed by atoms with van der Waals surface area (Å²) in [5.74, 6) is -0.544. The lowest BCUT2D eigenvalue weighted by Gasteiger charge is -2.48. The van der Waals surface area contributed by atoms with Crippen LogP contribution < -0.4 is 4.74 Å². The average molecular weight is 604 g/mol. The molecule has 4 atom stereocenters. The van der Waals surface area contributed by atoms with Crippen molar-refractivity contribution in [3.63, 3.8) is 0 Å². The molecule has 4 rings (SSSR count). The van der Waals surface area contributed by atoms with Crippen LogP contribution in [0.2, 0.25) is 0 Å². The van der Waals surface area contributed by atoms with E-state index >= 15 is 0 Å². The number of carbonyl (C=O) groups excluding carboxylic acids is 2. The van der Waals surface area contributed by atoms with Crippen LogP contribution in [0, 0.1) is 0 Å². The molecule has 0 radical (unpaired) electrons. The highest BCUT2D eigenvalue weighted by atomic mass is 32.2. The summed E-state index contributed by atoms with van der Waals surface area (Å²) in [6.07, 6.45) is 5.25. The smallest absolute Gasteiger partial charge is 0.338 e. The Bertz CT molecular complexity index is 1330. The molecule has 0 bridgehead atoms. The first-order valence-electron chi connectivity index (χ1n) is 13.5. The van der Waals surface area contributed by atoms with Crippen molar-refractivity contribution in [1.82, 2.24) is 4.90 Å². The molecule has 222 valence electrons. The summed E-state index contributed by atoms with van der Waals surface area (Å²) in [5.41, 5.74) is 1.19. The van der Waals surface area contributed by atoms with Crippen molar-refractivity contribution < 1.29 is 37.0 Å². The second-order valence-electron chi connectivity index (χ2n) is 10.3. The molecule has 1 amide bonds. The first-order valence-corrected chi connectivity index (χ1v) is 16.4. The van der Waals surface area contributed by atoms with Crippen molar-refractivity contribution in [3.8, 4) is 5.75 Å². The van der Waals surface area contributed by atoms with Gasteiger partial charge in [0.05, 0.1) is 29.7 Å². The minimum Gasteiger partial charge on any atom is -0.497 e. The molecule has 2 aromatic carbocycles. The van der Waals surface area contributed by atoms with E-state index in [9.17, 15) is 18.0 Å². The van der Waals surface area contributed by atoms with Crippen LogP contribution in [0.15, 0.2) is 66.1 Å². The molecular formula is C30H37NO8S2. The Morgan fingerprint density at radius 1 is 1.17 bits per heavy atom. The van der Waals surface area contributed by atoms with Gasteiger partial charge in [0, 0.05) is 38.5 Å². The van der Waals surface area contributed by atoms with Gasteiger partial charge in [-0.05, 0) is 61.2 Å². The Kier molecular flexibility index (Phi) is 10.2. The van der Waals surface area contributed by atoms with Gasteiger partial charge in [-0.25, -0.2) is 13.2 Å². The summed E-state index contributed by atoms with van der Waals surface area (Å²) in [7, 11) is -0.219. The van der Waals surface area contributed by atoms with E-state index in [1.807, 2.05) is 30.3 Å². The molecule has 2 fully saturated rings. The number of esters is 1. The van der Waals surface area contributed by atoms with Crippen molar-refractivity contribution in [2.75, 3.05) is 26.2 Å². The summed E-state index contributed by atoms with van der Waals surface area (Å²) < 4.78 is 47.6. The number of hydrogen-bond acceptors (Lipinski definition) is 9. The predicted molar refractivity (Wildman–Crippen MR) is 157 cm³/mol. The Hall–Kier alpha value is -2.86. The summed E-state index contributed by atoms with van der Waals surface area (Å²) >= 11 is 1.22. The summed E-state index contributed by atoms with van der Waals surface area (Å²) in [6.45, 7) is 4.17. The summed E-state index contributed by atoms with van der Waals surface area (Å²) in [5, 5.41) is -0.0702. The number of thioether (sulfide) groups is 1. The second-order valence-corrected chi connectivity index (χ2v) is 13.3. The fraction of sp³-hybridized carbons (Fsp3) is 0.467. The van der Waals surface area contributed by atoms with Crippen LogP contribution in [0.4, 0.5) is 4.79 Å². The highest BCUT2D eigenvalue weighted by Gasteiger charge is 2.54. The van der Waals surface area contributed by atoms with Crippen molar-refractivity contribution >= 4 is 32.8 Å². The molecule has 11 heteroatoms. The van der Waals surface area contributed by atoms with Gasteiger partial charge in [-0.2, -0.15) is 0 Å². The Balaban J connectivity index is 1.57. The van der Waals surface area contributed by atoms with E-state index in [-0.39, 0.29) is 28.2 Å². The average Bonchev–Trinajstić information content (AvgIpc) is 3.33. The van der Waals surface area contributed by atoms with E-state index in [1.165, 1.54) is 36.0 Å². The SMILES string of the molecule is C=CCCC[C@@H]1C[C@@H](OC(=O)c2ccc(S(C)(=O)=O)cc2)C[C@](OC)([C@@H]2CSC(=O)N2Cc2ccc(OC)cc2)O1. The highest BCUT2D eigenvalue weighted by molar-refractivity contribution is 8.13. The van der Waals surface area contributed by atoms with Crippen LogP contribution in [-0.4, -0.2) is 74.8 Å². The van der Waals surface area contributed by atoms with Gasteiger partial charge in [0.15, 0.2) is 15.6 Å². The number of methoxy groups -OCH3 is 2. The Morgan fingerprint density at radius 2 is 1.88 bits per heavy atom. The van der Waals surface area contributed by atoms with E-state index in [4.69, 9.17) is 18.9 Å². The van der Waals surface area contributed by atoms with E-state index in [1.54, 1.807) is 19.1 Å². The van der Waals surface area contributed by atoms with E-state index in [0.29, 0.717) is 25.1 Å². The van der Waals surface area contributed by atoms with Gasteiger partial charge in [0.1, 0.15) is 11.9 Å². The van der Waals surface area contributed by atoms with Crippen LogP contribution in [0.5, 0.6) is 5.75 Å². The number of unbranched alkanes of at least 4 members (excludes halogenated alkanes) is 1. The normalized spacial score (nSPS) is 24.7. The lowest BCUT2D eigenvalue weighted by molar-refractivity contribution is -0.304. The third kappa shape index (κ3) is 7.51. The van der Waals surface area contributed by atoms with Crippen molar-refractivity contribution in [1.29, 1.82) is 0 Å². The maximum atomic E-state index is 13.1. The van der Waals surface area contributed by atoms with Crippen molar-refractivity contribution in [2.45, 2.75) is 67.6 Å². The maximum absolute atomic E-state index is 13.1. The molecule has 0 aliphatic carbocycles. The molecule has 0 unspecified atom stereocenters. The molecule has 9 nitrogen and oxygen atoms in total. The van der Waals surface area contributed by atoms with Crippen LogP contribution >= 0.6 is 11.8 Å².